The van der Waals surface area contributed by atoms with Crippen LogP contribution in [0.25, 0.3) is 0 Å². The van der Waals surface area contributed by atoms with E-state index in [2.05, 4.69) is 10.3 Å². The first-order valence-corrected chi connectivity index (χ1v) is 6.15. The number of halogens is 1. The van der Waals surface area contributed by atoms with Gasteiger partial charge in [-0.05, 0) is 26.3 Å². The Morgan fingerprint density at radius 2 is 2.22 bits per heavy atom. The maximum absolute atomic E-state index is 13.2. The summed E-state index contributed by atoms with van der Waals surface area (Å²) in [5.74, 6) is -0.288. The topological polar surface area (TPSA) is 45.2 Å². The molecule has 1 heterocycles. The molecular weight excluding hydrogens is 233 g/mol. The number of hydrogen-bond acceptors (Lipinski definition) is 3. The lowest BCUT2D eigenvalue weighted by molar-refractivity contribution is 0.0706. The summed E-state index contributed by atoms with van der Waals surface area (Å²) in [6.45, 7) is 6.54. The fraction of sp³-hybridized carbons (Fsp3) is 0.538. The molecule has 0 aliphatic rings. The molecule has 0 bridgehead atoms. The molecule has 18 heavy (non-hydrogen) atoms. The van der Waals surface area contributed by atoms with E-state index < -0.39 is 5.82 Å². The van der Waals surface area contributed by atoms with Crippen LogP contribution in [0.4, 0.5) is 10.2 Å². The average Bonchev–Trinajstić information content (AvgIpc) is 2.34. The molecular formula is C13H20FN3O. The van der Waals surface area contributed by atoms with E-state index in [1.54, 1.807) is 11.9 Å². The second-order valence-electron chi connectivity index (χ2n) is 4.39. The summed E-state index contributed by atoms with van der Waals surface area (Å²) < 4.78 is 13.2. The van der Waals surface area contributed by atoms with Gasteiger partial charge in [-0.3, -0.25) is 4.79 Å². The number of nitrogens with one attached hydrogen (secondary N) is 1. The highest BCUT2D eigenvalue weighted by molar-refractivity contribution is 5.98. The van der Waals surface area contributed by atoms with Crippen LogP contribution < -0.4 is 5.32 Å². The molecule has 0 aromatic carbocycles. The zero-order chi connectivity index (χ0) is 13.7. The lowest BCUT2D eigenvalue weighted by atomic mass is 10.2. The summed E-state index contributed by atoms with van der Waals surface area (Å²) in [7, 11) is 1.66. The van der Waals surface area contributed by atoms with Crippen LogP contribution in [-0.4, -0.2) is 35.4 Å². The van der Waals surface area contributed by atoms with Gasteiger partial charge in [-0.1, -0.05) is 6.92 Å². The maximum atomic E-state index is 13.2. The predicted molar refractivity (Wildman–Crippen MR) is 70.2 cm³/mol. The molecule has 1 aromatic rings. The van der Waals surface area contributed by atoms with Crippen molar-refractivity contribution >= 4 is 11.7 Å². The molecule has 0 saturated heterocycles. The van der Waals surface area contributed by atoms with Crippen molar-refractivity contribution in [1.29, 1.82) is 0 Å². The van der Waals surface area contributed by atoms with Crippen molar-refractivity contribution in [3.05, 3.63) is 23.6 Å². The Morgan fingerprint density at radius 1 is 1.56 bits per heavy atom. The number of nitrogens with zero attached hydrogens (tertiary/aromatic N) is 2. The molecule has 5 heteroatoms. The van der Waals surface area contributed by atoms with E-state index in [9.17, 15) is 9.18 Å². The monoisotopic (exact) mass is 253 g/mol. The van der Waals surface area contributed by atoms with Crippen molar-refractivity contribution in [1.82, 2.24) is 9.88 Å². The largest absolute Gasteiger partial charge is 0.372 e. The van der Waals surface area contributed by atoms with Gasteiger partial charge in [0, 0.05) is 19.6 Å². The van der Waals surface area contributed by atoms with E-state index in [1.165, 1.54) is 6.07 Å². The van der Waals surface area contributed by atoms with Gasteiger partial charge in [0.25, 0.3) is 5.91 Å². The second-order valence-corrected chi connectivity index (χ2v) is 4.39. The predicted octanol–water partition coefficient (Wildman–Crippen LogP) is 2.52. The summed E-state index contributed by atoms with van der Waals surface area (Å²) in [4.78, 5) is 18.0. The first-order chi connectivity index (χ1) is 8.51. The molecule has 0 radical (unpaired) electrons. The molecule has 0 aliphatic heterocycles. The number of aromatic nitrogens is 1. The average molecular weight is 253 g/mol. The minimum Gasteiger partial charge on any atom is -0.372 e. The third-order valence-corrected chi connectivity index (χ3v) is 2.67. The van der Waals surface area contributed by atoms with Crippen molar-refractivity contribution in [2.24, 2.45) is 0 Å². The van der Waals surface area contributed by atoms with Crippen LogP contribution in [0, 0.1) is 5.82 Å². The zero-order valence-electron chi connectivity index (χ0n) is 11.3. The maximum Gasteiger partial charge on any atom is 0.257 e. The molecule has 0 spiro atoms. The highest BCUT2D eigenvalue weighted by Gasteiger charge is 2.21. The standard InChI is InChI=1S/C13H20FN3O/c1-5-6-17(9(2)3)13(18)11-7-10(14)8-16-12(11)15-4/h7-9H,5-6H2,1-4H3,(H,15,16). The van der Waals surface area contributed by atoms with Crippen molar-refractivity contribution in [2.45, 2.75) is 33.2 Å². The lowest BCUT2D eigenvalue weighted by Gasteiger charge is -2.27. The van der Waals surface area contributed by atoms with Crippen LogP contribution in [0.2, 0.25) is 0 Å². The van der Waals surface area contributed by atoms with Gasteiger partial charge in [-0.25, -0.2) is 9.37 Å². The first kappa shape index (κ1) is 14.4. The Hall–Kier alpha value is -1.65. The normalized spacial score (nSPS) is 10.6. The smallest absolute Gasteiger partial charge is 0.257 e. The minimum absolute atomic E-state index is 0.0745. The van der Waals surface area contributed by atoms with Gasteiger partial charge >= 0.3 is 0 Å². The fourth-order valence-corrected chi connectivity index (χ4v) is 1.79. The molecule has 100 valence electrons. The highest BCUT2D eigenvalue weighted by Crippen LogP contribution is 2.17. The molecule has 1 N–H and O–H groups in total. The van der Waals surface area contributed by atoms with Crippen LogP contribution in [0.3, 0.4) is 0 Å². The summed E-state index contributed by atoms with van der Waals surface area (Å²) in [5.41, 5.74) is 0.277. The Kier molecular flexibility index (Phi) is 5.07. The Balaban J connectivity index is 3.11. The van der Waals surface area contributed by atoms with Gasteiger partial charge in [-0.15, -0.1) is 0 Å². The van der Waals surface area contributed by atoms with Crippen molar-refractivity contribution < 1.29 is 9.18 Å². The number of pyridine rings is 1. The molecule has 1 amide bonds. The SMILES string of the molecule is CCCN(C(=O)c1cc(F)cnc1NC)C(C)C. The highest BCUT2D eigenvalue weighted by atomic mass is 19.1. The van der Waals surface area contributed by atoms with Gasteiger partial charge < -0.3 is 10.2 Å². The Bertz CT molecular complexity index is 421. The molecule has 0 saturated carbocycles. The van der Waals surface area contributed by atoms with E-state index in [-0.39, 0.29) is 17.5 Å². The molecule has 0 fully saturated rings. The summed E-state index contributed by atoms with van der Waals surface area (Å²) in [6.07, 6.45) is 1.96. The summed E-state index contributed by atoms with van der Waals surface area (Å²) in [6, 6.07) is 1.30. The van der Waals surface area contributed by atoms with Crippen LogP contribution in [0.5, 0.6) is 0 Å². The molecule has 1 aromatic heterocycles. The molecule has 1 rings (SSSR count). The summed E-state index contributed by atoms with van der Waals surface area (Å²) >= 11 is 0. The van der Waals surface area contributed by atoms with E-state index in [0.717, 1.165) is 12.6 Å². The number of amides is 1. The van der Waals surface area contributed by atoms with Crippen LogP contribution in [0.15, 0.2) is 12.3 Å². The number of carbonyl (C=O) groups is 1. The third kappa shape index (κ3) is 3.18. The first-order valence-electron chi connectivity index (χ1n) is 6.15. The zero-order valence-corrected chi connectivity index (χ0v) is 11.3. The van der Waals surface area contributed by atoms with Crippen LogP contribution in [-0.2, 0) is 0 Å². The van der Waals surface area contributed by atoms with Gasteiger partial charge in [0.1, 0.15) is 11.6 Å². The van der Waals surface area contributed by atoms with Gasteiger partial charge in [0.15, 0.2) is 0 Å². The van der Waals surface area contributed by atoms with Gasteiger partial charge in [-0.2, -0.15) is 0 Å². The summed E-state index contributed by atoms with van der Waals surface area (Å²) in [5, 5.41) is 2.81. The quantitative estimate of drug-likeness (QED) is 0.877. The number of anilines is 1. The van der Waals surface area contributed by atoms with Crippen LogP contribution in [0.1, 0.15) is 37.6 Å². The van der Waals surface area contributed by atoms with E-state index in [4.69, 9.17) is 0 Å². The van der Waals surface area contributed by atoms with Crippen molar-refractivity contribution in [3.63, 3.8) is 0 Å². The van der Waals surface area contributed by atoms with Crippen molar-refractivity contribution in [2.75, 3.05) is 18.9 Å². The van der Waals surface area contributed by atoms with E-state index >= 15 is 0 Å². The molecule has 4 nitrogen and oxygen atoms in total. The van der Waals surface area contributed by atoms with E-state index in [1.807, 2.05) is 20.8 Å². The van der Waals surface area contributed by atoms with Crippen molar-refractivity contribution in [3.8, 4) is 0 Å². The number of carbonyl (C=O) groups excluding carboxylic acids is 1. The Morgan fingerprint density at radius 3 is 2.72 bits per heavy atom. The van der Waals surface area contributed by atoms with Crippen LogP contribution >= 0.6 is 0 Å². The minimum atomic E-state index is -0.502. The molecule has 0 aliphatic carbocycles. The third-order valence-electron chi connectivity index (χ3n) is 2.67. The number of hydrogen-bond donors (Lipinski definition) is 1. The van der Waals surface area contributed by atoms with Gasteiger partial charge in [0.05, 0.1) is 11.8 Å². The lowest BCUT2D eigenvalue weighted by Crippen LogP contribution is -2.38. The van der Waals surface area contributed by atoms with Gasteiger partial charge in [0.2, 0.25) is 0 Å². The fourth-order valence-electron chi connectivity index (χ4n) is 1.79. The second kappa shape index (κ2) is 6.33. The number of rotatable bonds is 5. The molecule has 0 atom stereocenters. The Labute approximate surface area is 107 Å². The van der Waals surface area contributed by atoms with E-state index in [0.29, 0.717) is 12.4 Å². The molecule has 0 unspecified atom stereocenters.